The Bertz CT molecular complexity index is 581. The van der Waals surface area contributed by atoms with E-state index in [2.05, 4.69) is 14.9 Å². The van der Waals surface area contributed by atoms with E-state index in [0.29, 0.717) is 5.82 Å². The largest absolute Gasteiger partial charge is 0.264 e. The fourth-order valence-corrected chi connectivity index (χ4v) is 2.71. The fourth-order valence-electron chi connectivity index (χ4n) is 1.18. The lowest BCUT2D eigenvalue weighted by Gasteiger charge is -2.06. The van der Waals surface area contributed by atoms with Crippen molar-refractivity contribution in [3.8, 4) is 0 Å². The molecule has 0 radical (unpaired) electrons. The molecule has 0 atom stereocenters. The molecule has 0 amide bonds. The molecular weight excluding hydrogens is 250 g/mol. The first-order valence-electron chi connectivity index (χ1n) is 4.36. The monoisotopic (exact) mass is 257 g/mol. The van der Waals surface area contributed by atoms with Crippen molar-refractivity contribution < 1.29 is 8.42 Å². The van der Waals surface area contributed by atoms with E-state index < -0.39 is 10.0 Å². The van der Waals surface area contributed by atoms with Gasteiger partial charge < -0.3 is 0 Å². The molecule has 0 aliphatic carbocycles. The molecular formula is C9H8ClN3O2S. The summed E-state index contributed by atoms with van der Waals surface area (Å²) in [5, 5.41) is 6.31. The third-order valence-electron chi connectivity index (χ3n) is 1.87. The summed E-state index contributed by atoms with van der Waals surface area (Å²) < 4.78 is 26.1. The number of hydrogen-bond donors (Lipinski definition) is 2. The number of halogens is 1. The highest BCUT2D eigenvalue weighted by molar-refractivity contribution is 7.92. The molecule has 2 aromatic rings. The zero-order chi connectivity index (χ0) is 11.6. The summed E-state index contributed by atoms with van der Waals surface area (Å²) >= 11 is 5.80. The van der Waals surface area contributed by atoms with Crippen LogP contribution in [0.3, 0.4) is 0 Å². The smallest absolute Gasteiger partial charge is 0.264 e. The minimum atomic E-state index is -3.67. The average Bonchev–Trinajstić information content (AvgIpc) is 2.70. The molecule has 16 heavy (non-hydrogen) atoms. The molecule has 2 rings (SSSR count). The highest BCUT2D eigenvalue weighted by Crippen LogP contribution is 2.22. The normalized spacial score (nSPS) is 11.3. The van der Waals surface area contributed by atoms with Crippen molar-refractivity contribution in [2.75, 3.05) is 4.72 Å². The summed E-state index contributed by atoms with van der Waals surface area (Å²) in [5.74, 6) is 0.292. The summed E-state index contributed by atoms with van der Waals surface area (Å²) in [6, 6.07) is 7.73. The van der Waals surface area contributed by atoms with Crippen LogP contribution in [0.5, 0.6) is 0 Å². The van der Waals surface area contributed by atoms with Gasteiger partial charge in [-0.1, -0.05) is 23.7 Å². The summed E-state index contributed by atoms with van der Waals surface area (Å²) in [6.45, 7) is 0. The van der Waals surface area contributed by atoms with E-state index in [-0.39, 0.29) is 9.92 Å². The molecule has 7 heteroatoms. The maximum atomic E-state index is 11.9. The van der Waals surface area contributed by atoms with E-state index >= 15 is 0 Å². The third-order valence-corrected chi connectivity index (χ3v) is 3.74. The second kappa shape index (κ2) is 4.15. The molecule has 1 aromatic carbocycles. The topological polar surface area (TPSA) is 74.8 Å². The number of aromatic amines is 1. The Morgan fingerprint density at radius 1 is 1.25 bits per heavy atom. The van der Waals surface area contributed by atoms with Gasteiger partial charge >= 0.3 is 0 Å². The predicted octanol–water partition coefficient (Wildman–Crippen LogP) is 1.86. The molecule has 84 valence electrons. The van der Waals surface area contributed by atoms with E-state index in [0.717, 1.165) is 0 Å². The Morgan fingerprint density at radius 3 is 2.62 bits per heavy atom. The minimum absolute atomic E-state index is 0.0336. The lowest BCUT2D eigenvalue weighted by atomic mass is 10.4. The van der Waals surface area contributed by atoms with Gasteiger partial charge in [0.05, 0.1) is 11.2 Å². The number of anilines is 1. The molecule has 0 saturated heterocycles. The summed E-state index contributed by atoms with van der Waals surface area (Å²) in [5.41, 5.74) is 0. The predicted molar refractivity (Wildman–Crippen MR) is 60.8 cm³/mol. The quantitative estimate of drug-likeness (QED) is 0.881. The molecule has 1 heterocycles. The van der Waals surface area contributed by atoms with E-state index in [1.165, 1.54) is 24.4 Å². The van der Waals surface area contributed by atoms with Crippen LogP contribution in [0.4, 0.5) is 5.82 Å². The van der Waals surface area contributed by atoms with Gasteiger partial charge in [-0.3, -0.25) is 9.82 Å². The molecule has 5 nitrogen and oxygen atoms in total. The molecule has 0 aliphatic heterocycles. The summed E-state index contributed by atoms with van der Waals surface area (Å²) in [6.07, 6.45) is 1.45. The Labute approximate surface area is 97.5 Å². The first kappa shape index (κ1) is 11.0. The Hall–Kier alpha value is -1.53. The second-order valence-electron chi connectivity index (χ2n) is 3.01. The number of H-pyrrole nitrogens is 1. The van der Waals surface area contributed by atoms with Gasteiger partial charge in [-0.2, -0.15) is 5.10 Å². The molecule has 0 fully saturated rings. The van der Waals surface area contributed by atoms with Crippen LogP contribution in [-0.4, -0.2) is 18.6 Å². The average molecular weight is 258 g/mol. The van der Waals surface area contributed by atoms with Crippen molar-refractivity contribution >= 4 is 27.4 Å². The Balaban J connectivity index is 2.37. The lowest BCUT2D eigenvalue weighted by Crippen LogP contribution is -2.13. The van der Waals surface area contributed by atoms with Crippen molar-refractivity contribution in [1.82, 2.24) is 10.2 Å². The van der Waals surface area contributed by atoms with Crippen molar-refractivity contribution in [1.29, 1.82) is 0 Å². The molecule has 0 unspecified atom stereocenters. The number of aromatic nitrogens is 2. The van der Waals surface area contributed by atoms with Crippen molar-refractivity contribution in [3.63, 3.8) is 0 Å². The zero-order valence-corrected chi connectivity index (χ0v) is 9.59. The number of benzene rings is 1. The van der Waals surface area contributed by atoms with Crippen LogP contribution >= 0.6 is 11.6 Å². The molecule has 0 saturated carbocycles. The van der Waals surface area contributed by atoms with E-state index in [1.54, 1.807) is 12.1 Å². The second-order valence-corrected chi connectivity index (χ2v) is 5.06. The minimum Gasteiger partial charge on any atom is -0.264 e. The highest BCUT2D eigenvalue weighted by atomic mass is 35.5. The first-order valence-corrected chi connectivity index (χ1v) is 6.22. The van der Waals surface area contributed by atoms with Gasteiger partial charge in [-0.15, -0.1) is 0 Å². The van der Waals surface area contributed by atoms with Crippen molar-refractivity contribution in [3.05, 3.63) is 41.6 Å². The first-order chi connectivity index (χ1) is 7.59. The van der Waals surface area contributed by atoms with Gasteiger partial charge in [0.2, 0.25) is 0 Å². The van der Waals surface area contributed by atoms with Gasteiger partial charge in [0.25, 0.3) is 10.0 Å². The number of hydrogen-bond acceptors (Lipinski definition) is 3. The summed E-state index contributed by atoms with van der Waals surface area (Å²) in [7, 11) is -3.67. The van der Waals surface area contributed by atoms with Crippen LogP contribution < -0.4 is 4.72 Å². The van der Waals surface area contributed by atoms with Crippen LogP contribution in [0.25, 0.3) is 0 Å². The van der Waals surface area contributed by atoms with E-state index in [4.69, 9.17) is 11.6 Å². The number of rotatable bonds is 3. The maximum Gasteiger partial charge on any atom is 0.264 e. The van der Waals surface area contributed by atoms with Crippen molar-refractivity contribution in [2.24, 2.45) is 0 Å². The fraction of sp³-hybridized carbons (Fsp3) is 0. The number of sulfonamides is 1. The van der Waals surface area contributed by atoms with Crippen molar-refractivity contribution in [2.45, 2.75) is 4.90 Å². The van der Waals surface area contributed by atoms with Gasteiger partial charge in [0.1, 0.15) is 10.7 Å². The molecule has 0 spiro atoms. The standard InChI is InChI=1S/C9H8ClN3O2S/c10-7-3-1-2-4-8(7)16(14,15)13-9-5-6-11-12-9/h1-6H,(H2,11,12,13). The summed E-state index contributed by atoms with van der Waals surface area (Å²) in [4.78, 5) is 0.0336. The van der Waals surface area contributed by atoms with Gasteiger partial charge in [0, 0.05) is 6.07 Å². The zero-order valence-electron chi connectivity index (χ0n) is 8.01. The van der Waals surface area contributed by atoms with Crippen LogP contribution in [0.15, 0.2) is 41.4 Å². The van der Waals surface area contributed by atoms with Crippen LogP contribution in [0.2, 0.25) is 5.02 Å². The molecule has 0 bridgehead atoms. The molecule has 1 aromatic heterocycles. The molecule has 2 N–H and O–H groups in total. The number of nitrogens with one attached hydrogen (secondary N) is 2. The van der Waals surface area contributed by atoms with Crippen LogP contribution in [-0.2, 0) is 10.0 Å². The van der Waals surface area contributed by atoms with Crippen LogP contribution in [0, 0.1) is 0 Å². The maximum absolute atomic E-state index is 11.9. The van der Waals surface area contributed by atoms with Crippen LogP contribution in [0.1, 0.15) is 0 Å². The lowest BCUT2D eigenvalue weighted by molar-refractivity contribution is 0.601. The van der Waals surface area contributed by atoms with E-state index in [9.17, 15) is 8.42 Å². The molecule has 0 aliphatic rings. The van der Waals surface area contributed by atoms with Gasteiger partial charge in [-0.25, -0.2) is 8.42 Å². The van der Waals surface area contributed by atoms with E-state index in [1.807, 2.05) is 0 Å². The third kappa shape index (κ3) is 2.17. The SMILES string of the molecule is O=S(=O)(Nc1ccn[nH]1)c1ccccc1Cl. The van der Waals surface area contributed by atoms with Gasteiger partial charge in [0.15, 0.2) is 0 Å². The highest BCUT2D eigenvalue weighted by Gasteiger charge is 2.17. The Morgan fingerprint density at radius 2 is 2.00 bits per heavy atom. The van der Waals surface area contributed by atoms with Gasteiger partial charge in [-0.05, 0) is 12.1 Å². The number of nitrogens with zero attached hydrogens (tertiary/aromatic N) is 1. The Kier molecular flexibility index (Phi) is 2.84.